The van der Waals surface area contributed by atoms with E-state index in [2.05, 4.69) is 18.3 Å². The Morgan fingerprint density at radius 3 is 2.41 bits per heavy atom. The largest absolute Gasteiger partial charge is 0.461 e. The molecule has 41 heavy (non-hydrogen) atoms. The highest BCUT2D eigenvalue weighted by molar-refractivity contribution is 7.89. The molecule has 218 valence electrons. The lowest BCUT2D eigenvalue weighted by Gasteiger charge is -2.18. The summed E-state index contributed by atoms with van der Waals surface area (Å²) in [7, 11) is -0.538. The number of fused-ring (bicyclic) bond motifs is 1. The average molecular weight is 598 g/mol. The van der Waals surface area contributed by atoms with Gasteiger partial charge >= 0.3 is 5.97 Å². The zero-order valence-corrected chi connectivity index (χ0v) is 25.2. The summed E-state index contributed by atoms with van der Waals surface area (Å²) in [6, 6.07) is 21.9. The van der Waals surface area contributed by atoms with E-state index >= 15 is 0 Å². The van der Waals surface area contributed by atoms with E-state index in [1.165, 1.54) is 18.4 Å². The summed E-state index contributed by atoms with van der Waals surface area (Å²) in [5.74, 6) is -0.415. The molecular formula is C31H36ClN3O5S. The Morgan fingerprint density at radius 2 is 1.76 bits per heavy atom. The summed E-state index contributed by atoms with van der Waals surface area (Å²) in [6.45, 7) is 4.85. The standard InChI is InChI=1S/C31H36ClN3O5S/c1-5-40-31(37)29-18-25-16-23(15-21(2)33-19-30(36)24-7-6-8-26(32)17-24)11-14-28(25)35(29)20-22-9-12-27(13-10-22)41(38,39)34(3)4/h6-14,16-18,21,30,33,36H,5,15,19-20H2,1-4H3/t21-,30-/m1/s1. The Hall–Kier alpha value is -3.21. The minimum absolute atomic E-state index is 0.0878. The van der Waals surface area contributed by atoms with Crippen LogP contribution < -0.4 is 5.32 Å². The number of carbonyl (C=O) groups excluding carboxylic acids is 1. The number of rotatable bonds is 12. The molecule has 0 spiro atoms. The first-order chi connectivity index (χ1) is 19.5. The topological polar surface area (TPSA) is 101 Å². The van der Waals surface area contributed by atoms with Crippen molar-refractivity contribution in [3.63, 3.8) is 0 Å². The zero-order chi connectivity index (χ0) is 29.7. The molecule has 10 heteroatoms. The zero-order valence-electron chi connectivity index (χ0n) is 23.7. The van der Waals surface area contributed by atoms with Crippen molar-refractivity contribution < 1.29 is 23.1 Å². The highest BCUT2D eigenvalue weighted by Gasteiger charge is 2.20. The molecule has 4 rings (SSSR count). The van der Waals surface area contributed by atoms with Gasteiger partial charge in [0.2, 0.25) is 10.0 Å². The number of aliphatic hydroxyl groups is 1. The van der Waals surface area contributed by atoms with E-state index < -0.39 is 22.1 Å². The SMILES string of the molecule is CCOC(=O)c1cc2cc(C[C@@H](C)NC[C@@H](O)c3cccc(Cl)c3)ccc2n1Cc1ccc(S(=O)(=O)N(C)C)cc1. The third-order valence-corrected chi connectivity index (χ3v) is 8.99. The molecule has 1 heterocycles. The van der Waals surface area contributed by atoms with Crippen LogP contribution in [0.25, 0.3) is 10.9 Å². The number of aliphatic hydroxyl groups excluding tert-OH is 1. The van der Waals surface area contributed by atoms with Crippen molar-refractivity contribution in [3.8, 4) is 0 Å². The number of esters is 1. The molecule has 0 radical (unpaired) electrons. The molecule has 0 amide bonds. The molecule has 0 unspecified atom stereocenters. The van der Waals surface area contributed by atoms with Crippen molar-refractivity contribution in [2.75, 3.05) is 27.2 Å². The quantitative estimate of drug-likeness (QED) is 0.222. The lowest BCUT2D eigenvalue weighted by atomic mass is 10.0. The Morgan fingerprint density at radius 1 is 1.05 bits per heavy atom. The lowest BCUT2D eigenvalue weighted by Crippen LogP contribution is -2.32. The average Bonchev–Trinajstić information content (AvgIpc) is 3.29. The van der Waals surface area contributed by atoms with Crippen LogP contribution in [-0.2, 0) is 27.7 Å². The minimum atomic E-state index is -3.53. The monoisotopic (exact) mass is 597 g/mol. The third kappa shape index (κ3) is 7.36. The van der Waals surface area contributed by atoms with Gasteiger partial charge in [-0.15, -0.1) is 0 Å². The van der Waals surface area contributed by atoms with Crippen molar-refractivity contribution in [1.82, 2.24) is 14.2 Å². The van der Waals surface area contributed by atoms with E-state index in [0.717, 1.165) is 34.0 Å². The van der Waals surface area contributed by atoms with Gasteiger partial charge in [-0.1, -0.05) is 41.9 Å². The first kappa shape index (κ1) is 30.7. The van der Waals surface area contributed by atoms with E-state index in [1.807, 2.05) is 34.9 Å². The van der Waals surface area contributed by atoms with Crippen LogP contribution in [0.4, 0.5) is 0 Å². The summed E-state index contributed by atoms with van der Waals surface area (Å²) >= 11 is 6.05. The van der Waals surface area contributed by atoms with Crippen LogP contribution in [0, 0.1) is 0 Å². The molecule has 8 nitrogen and oxygen atoms in total. The molecule has 0 aliphatic carbocycles. The van der Waals surface area contributed by atoms with Gasteiger partial charge in [-0.25, -0.2) is 17.5 Å². The van der Waals surface area contributed by atoms with E-state index in [0.29, 0.717) is 23.8 Å². The van der Waals surface area contributed by atoms with Crippen LogP contribution in [0.2, 0.25) is 5.02 Å². The normalized spacial score (nSPS) is 13.4. The Labute approximate surface area is 246 Å². The molecule has 0 saturated carbocycles. The molecule has 2 atom stereocenters. The van der Waals surface area contributed by atoms with Crippen molar-refractivity contribution in [2.45, 2.75) is 43.9 Å². The minimum Gasteiger partial charge on any atom is -0.461 e. The molecule has 0 fully saturated rings. The second kappa shape index (κ2) is 13.2. The molecular weight excluding hydrogens is 562 g/mol. The Balaban J connectivity index is 1.53. The summed E-state index contributed by atoms with van der Waals surface area (Å²) in [6.07, 6.45) is 0.0526. The van der Waals surface area contributed by atoms with Crippen molar-refractivity contribution in [2.24, 2.45) is 0 Å². The summed E-state index contributed by atoms with van der Waals surface area (Å²) in [5.41, 5.74) is 4.01. The van der Waals surface area contributed by atoms with Crippen LogP contribution >= 0.6 is 11.6 Å². The highest BCUT2D eigenvalue weighted by atomic mass is 35.5. The van der Waals surface area contributed by atoms with Gasteiger partial charge in [-0.3, -0.25) is 0 Å². The number of nitrogens with zero attached hydrogens (tertiary/aromatic N) is 2. The number of sulfonamides is 1. The molecule has 2 N–H and O–H groups in total. The molecule has 0 bridgehead atoms. The lowest BCUT2D eigenvalue weighted by molar-refractivity contribution is 0.0515. The molecule has 4 aromatic rings. The number of carbonyl (C=O) groups is 1. The van der Waals surface area contributed by atoms with E-state index in [1.54, 1.807) is 43.3 Å². The second-order valence-electron chi connectivity index (χ2n) is 10.2. The van der Waals surface area contributed by atoms with Crippen LogP contribution in [0.5, 0.6) is 0 Å². The number of nitrogens with one attached hydrogen (secondary N) is 1. The number of hydrogen-bond donors (Lipinski definition) is 2. The number of ether oxygens (including phenoxy) is 1. The fourth-order valence-electron chi connectivity index (χ4n) is 4.72. The summed E-state index contributed by atoms with van der Waals surface area (Å²) in [4.78, 5) is 13.1. The first-order valence-corrected chi connectivity index (χ1v) is 15.3. The van der Waals surface area contributed by atoms with E-state index in [4.69, 9.17) is 16.3 Å². The number of benzene rings is 3. The van der Waals surface area contributed by atoms with Gasteiger partial charge < -0.3 is 19.7 Å². The smallest absolute Gasteiger partial charge is 0.354 e. The van der Waals surface area contributed by atoms with Crippen LogP contribution in [0.15, 0.2) is 77.7 Å². The molecule has 0 aliphatic rings. The van der Waals surface area contributed by atoms with Crippen LogP contribution in [-0.4, -0.2) is 61.7 Å². The second-order valence-corrected chi connectivity index (χ2v) is 12.8. The van der Waals surface area contributed by atoms with Crippen LogP contribution in [0.3, 0.4) is 0 Å². The van der Waals surface area contributed by atoms with Crippen molar-refractivity contribution >= 4 is 38.5 Å². The molecule has 0 saturated heterocycles. The third-order valence-electron chi connectivity index (χ3n) is 6.93. The number of halogens is 1. The van der Waals surface area contributed by atoms with E-state index in [9.17, 15) is 18.3 Å². The maximum atomic E-state index is 12.9. The summed E-state index contributed by atoms with van der Waals surface area (Å²) < 4.78 is 33.3. The van der Waals surface area contributed by atoms with E-state index in [-0.39, 0.29) is 17.5 Å². The Kier molecular flexibility index (Phi) is 9.88. The van der Waals surface area contributed by atoms with Crippen molar-refractivity contribution in [3.05, 3.63) is 100 Å². The maximum absolute atomic E-state index is 12.9. The molecule has 1 aromatic heterocycles. The van der Waals surface area contributed by atoms with Gasteiger partial charge in [-0.2, -0.15) is 0 Å². The highest BCUT2D eigenvalue weighted by Crippen LogP contribution is 2.25. The van der Waals surface area contributed by atoms with Gasteiger partial charge in [-0.05, 0) is 79.4 Å². The van der Waals surface area contributed by atoms with Gasteiger partial charge in [0.1, 0.15) is 5.69 Å². The van der Waals surface area contributed by atoms with Crippen LogP contribution in [0.1, 0.15) is 47.1 Å². The number of aromatic nitrogens is 1. The Bertz CT molecular complexity index is 1620. The summed E-state index contributed by atoms with van der Waals surface area (Å²) in [5, 5.41) is 15.4. The first-order valence-electron chi connectivity index (χ1n) is 13.5. The predicted octanol–water partition coefficient (Wildman–Crippen LogP) is 5.02. The molecule has 0 aliphatic heterocycles. The van der Waals surface area contributed by atoms with Gasteiger partial charge in [0.05, 0.1) is 17.6 Å². The maximum Gasteiger partial charge on any atom is 0.354 e. The van der Waals surface area contributed by atoms with Gasteiger partial charge in [0, 0.05) is 49.2 Å². The van der Waals surface area contributed by atoms with Gasteiger partial charge in [0.15, 0.2) is 0 Å². The fraction of sp³-hybridized carbons (Fsp3) is 0.323. The predicted molar refractivity (Wildman–Crippen MR) is 162 cm³/mol. The fourth-order valence-corrected chi connectivity index (χ4v) is 5.82. The van der Waals surface area contributed by atoms with Crippen molar-refractivity contribution in [1.29, 1.82) is 0 Å². The number of hydrogen-bond acceptors (Lipinski definition) is 6. The van der Waals surface area contributed by atoms with Gasteiger partial charge in [0.25, 0.3) is 0 Å². The molecule has 3 aromatic carbocycles.